The van der Waals surface area contributed by atoms with Gasteiger partial charge in [-0.15, -0.1) is 13.0 Å². The van der Waals surface area contributed by atoms with Crippen molar-refractivity contribution in [2.24, 2.45) is 5.10 Å². The second-order valence-corrected chi connectivity index (χ2v) is 9.80. The van der Waals surface area contributed by atoms with Crippen molar-refractivity contribution in [3.05, 3.63) is 93.8 Å². The summed E-state index contributed by atoms with van der Waals surface area (Å²) in [7, 11) is 1.56. The minimum Gasteiger partial charge on any atom is -0.494 e. The molecule has 4 rings (SSSR count). The van der Waals surface area contributed by atoms with E-state index in [1.807, 2.05) is 44.2 Å². The lowest BCUT2D eigenvalue weighted by atomic mass is 9.96. The Kier molecular flexibility index (Phi) is 9.26. The van der Waals surface area contributed by atoms with Crippen LogP contribution in [-0.4, -0.2) is 36.2 Å². The number of allylic oxidation sites excluding steroid dienone is 1. The number of ether oxygens (including phenoxy) is 3. The van der Waals surface area contributed by atoms with Crippen LogP contribution in [0.2, 0.25) is 0 Å². The Morgan fingerprint density at radius 3 is 2.61 bits per heavy atom. The van der Waals surface area contributed by atoms with Gasteiger partial charge in [-0.2, -0.15) is 9.78 Å². The summed E-state index contributed by atoms with van der Waals surface area (Å²) < 4.78 is 18.6. The van der Waals surface area contributed by atoms with E-state index in [9.17, 15) is 4.79 Å². The monoisotopic (exact) mass is 549 g/mol. The number of aromatic nitrogens is 2. The van der Waals surface area contributed by atoms with Gasteiger partial charge in [0.2, 0.25) is 0 Å². The Morgan fingerprint density at radius 2 is 1.93 bits per heavy atom. The molecule has 3 aromatic carbocycles. The molecule has 0 atom stereocenters. The molecule has 0 N–H and O–H groups in total. The third kappa shape index (κ3) is 6.17. The molecular formula is C34H35N3O4. The van der Waals surface area contributed by atoms with Crippen molar-refractivity contribution in [2.75, 3.05) is 20.3 Å². The summed E-state index contributed by atoms with van der Waals surface area (Å²) >= 11 is 0. The lowest BCUT2D eigenvalue weighted by Gasteiger charge is -2.18. The zero-order valence-corrected chi connectivity index (χ0v) is 24.2. The molecule has 0 spiro atoms. The molecule has 41 heavy (non-hydrogen) atoms. The van der Waals surface area contributed by atoms with Crippen LogP contribution in [0, 0.1) is 19.3 Å². The number of benzene rings is 3. The molecule has 0 aliphatic rings. The summed E-state index contributed by atoms with van der Waals surface area (Å²) in [6.45, 7) is 12.7. The van der Waals surface area contributed by atoms with Crippen LogP contribution in [0.25, 0.3) is 22.3 Å². The molecule has 4 aromatic rings. The average molecular weight is 550 g/mol. The van der Waals surface area contributed by atoms with Gasteiger partial charge in [0.15, 0.2) is 17.3 Å². The first kappa shape index (κ1) is 29.2. The Hall–Kier alpha value is -4.83. The molecule has 0 fully saturated rings. The van der Waals surface area contributed by atoms with Crippen LogP contribution in [0.3, 0.4) is 0 Å². The van der Waals surface area contributed by atoms with Crippen LogP contribution >= 0.6 is 0 Å². The van der Waals surface area contributed by atoms with E-state index in [1.165, 1.54) is 4.68 Å². The van der Waals surface area contributed by atoms with Crippen LogP contribution in [0.5, 0.6) is 17.2 Å². The number of aryl methyl sites for hydroxylation is 1. The first-order valence-electron chi connectivity index (χ1n) is 13.5. The van der Waals surface area contributed by atoms with Gasteiger partial charge in [0.25, 0.3) is 5.56 Å². The number of methoxy groups -OCH3 is 1. The van der Waals surface area contributed by atoms with E-state index in [2.05, 4.69) is 37.5 Å². The van der Waals surface area contributed by atoms with Crippen LogP contribution in [-0.2, 0) is 6.42 Å². The summed E-state index contributed by atoms with van der Waals surface area (Å²) in [4.78, 5) is 18.7. The first-order chi connectivity index (χ1) is 19.8. The number of hydrogen-bond donors (Lipinski definition) is 0. The summed E-state index contributed by atoms with van der Waals surface area (Å²) in [5.74, 6) is 5.02. The van der Waals surface area contributed by atoms with Crippen molar-refractivity contribution in [2.45, 2.75) is 40.0 Å². The highest BCUT2D eigenvalue weighted by atomic mass is 16.5. The maximum absolute atomic E-state index is 13.8. The predicted molar refractivity (Wildman–Crippen MR) is 166 cm³/mol. The molecule has 7 heteroatoms. The molecule has 1 aromatic heterocycles. The topological polar surface area (TPSA) is 74.9 Å². The number of terminal acetylenes is 1. The lowest BCUT2D eigenvalue weighted by molar-refractivity contribution is 0.328. The molecule has 7 nitrogen and oxygen atoms in total. The fourth-order valence-corrected chi connectivity index (χ4v) is 4.69. The maximum atomic E-state index is 13.8. The second kappa shape index (κ2) is 13.0. The van der Waals surface area contributed by atoms with Crippen molar-refractivity contribution in [3.8, 4) is 41.0 Å². The van der Waals surface area contributed by atoms with Crippen molar-refractivity contribution < 1.29 is 14.2 Å². The molecule has 1 heterocycles. The highest BCUT2D eigenvalue weighted by Crippen LogP contribution is 2.35. The average Bonchev–Trinajstić information content (AvgIpc) is 2.96. The smallest absolute Gasteiger partial charge is 0.282 e. The van der Waals surface area contributed by atoms with Gasteiger partial charge in [-0.25, -0.2) is 4.98 Å². The van der Waals surface area contributed by atoms with E-state index >= 15 is 0 Å². The Morgan fingerprint density at radius 1 is 1.15 bits per heavy atom. The van der Waals surface area contributed by atoms with Crippen LogP contribution < -0.4 is 19.8 Å². The molecule has 0 radical (unpaired) electrons. The van der Waals surface area contributed by atoms with E-state index in [0.717, 1.165) is 28.0 Å². The Bertz CT molecular complexity index is 1710. The molecule has 0 unspecified atom stereocenters. The van der Waals surface area contributed by atoms with Crippen LogP contribution in [0.1, 0.15) is 48.9 Å². The van der Waals surface area contributed by atoms with Gasteiger partial charge >= 0.3 is 0 Å². The van der Waals surface area contributed by atoms with E-state index in [-0.39, 0.29) is 18.1 Å². The SMILES string of the molecule is C#CCOc1c(CC=C)cc(C=Nn2c(-c3cc(C(C)C)c(OCC)cc3C)nc3ccccc3c2=O)cc1OC. The molecule has 210 valence electrons. The zero-order chi connectivity index (χ0) is 29.5. The summed E-state index contributed by atoms with van der Waals surface area (Å²) in [6.07, 6.45) is 9.33. The third-order valence-electron chi connectivity index (χ3n) is 6.63. The van der Waals surface area contributed by atoms with Crippen molar-refractivity contribution in [1.82, 2.24) is 9.66 Å². The molecule has 0 amide bonds. The van der Waals surface area contributed by atoms with Gasteiger partial charge in [0.1, 0.15) is 12.4 Å². The number of nitrogens with zero attached hydrogens (tertiary/aromatic N) is 3. The highest BCUT2D eigenvalue weighted by Gasteiger charge is 2.19. The summed E-state index contributed by atoms with van der Waals surface area (Å²) in [5, 5.41) is 5.15. The standard InChI is InChI=1S/C34H35N3O4/c1-8-13-25-18-24(19-31(39-7)32(25)41-16-9-2)21-35-37-33(36-29-15-12-11-14-26(29)34(37)38)28-20-27(22(4)5)30(40-10-3)17-23(28)6/h2,8,11-12,14-15,17-22H,1,10,13,16H2,3-7H3. The van der Waals surface area contributed by atoms with Crippen LogP contribution in [0.4, 0.5) is 0 Å². The van der Waals surface area contributed by atoms with Gasteiger partial charge in [0.05, 0.1) is 30.8 Å². The third-order valence-corrected chi connectivity index (χ3v) is 6.63. The summed E-state index contributed by atoms with van der Waals surface area (Å²) in [6, 6.07) is 15.0. The van der Waals surface area contributed by atoms with E-state index in [1.54, 1.807) is 31.5 Å². The molecule has 0 saturated carbocycles. The first-order valence-corrected chi connectivity index (χ1v) is 13.5. The second-order valence-electron chi connectivity index (χ2n) is 9.80. The minimum atomic E-state index is -0.270. The quantitative estimate of drug-likeness (QED) is 0.121. The Balaban J connectivity index is 1.94. The number of fused-ring (bicyclic) bond motifs is 1. The van der Waals surface area contributed by atoms with E-state index < -0.39 is 0 Å². The summed E-state index contributed by atoms with van der Waals surface area (Å²) in [5.41, 5.74) is 4.64. The van der Waals surface area contributed by atoms with Crippen molar-refractivity contribution >= 4 is 17.1 Å². The highest BCUT2D eigenvalue weighted by molar-refractivity contribution is 5.83. The number of para-hydroxylation sites is 1. The number of hydrogen-bond acceptors (Lipinski definition) is 6. The van der Waals surface area contributed by atoms with Gasteiger partial charge in [0, 0.05) is 11.1 Å². The van der Waals surface area contributed by atoms with Gasteiger partial charge in [-0.1, -0.05) is 38.0 Å². The largest absolute Gasteiger partial charge is 0.494 e. The van der Waals surface area contributed by atoms with Crippen molar-refractivity contribution in [1.29, 1.82) is 0 Å². The molecule has 0 aliphatic heterocycles. The molecule has 0 saturated heterocycles. The van der Waals surface area contributed by atoms with Gasteiger partial charge < -0.3 is 14.2 Å². The molecule has 0 aliphatic carbocycles. The van der Waals surface area contributed by atoms with E-state index in [4.69, 9.17) is 25.6 Å². The number of rotatable bonds is 11. The van der Waals surface area contributed by atoms with Gasteiger partial charge in [-0.3, -0.25) is 4.79 Å². The molecular weight excluding hydrogens is 514 g/mol. The van der Waals surface area contributed by atoms with E-state index in [0.29, 0.717) is 46.8 Å². The fourth-order valence-electron chi connectivity index (χ4n) is 4.69. The Labute approximate surface area is 241 Å². The lowest BCUT2D eigenvalue weighted by Crippen LogP contribution is -2.21. The molecule has 0 bridgehead atoms. The van der Waals surface area contributed by atoms with Crippen LogP contribution in [0.15, 0.2) is 71.1 Å². The fraction of sp³-hybridized carbons (Fsp3) is 0.265. The van der Waals surface area contributed by atoms with Gasteiger partial charge in [-0.05, 0) is 79.3 Å². The normalized spacial score (nSPS) is 11.1. The van der Waals surface area contributed by atoms with Crippen molar-refractivity contribution in [3.63, 3.8) is 0 Å². The zero-order valence-electron chi connectivity index (χ0n) is 24.2. The maximum Gasteiger partial charge on any atom is 0.282 e. The minimum absolute atomic E-state index is 0.106. The predicted octanol–water partition coefficient (Wildman–Crippen LogP) is 6.53.